The van der Waals surface area contributed by atoms with Gasteiger partial charge in [-0.05, 0) is 0 Å². The summed E-state index contributed by atoms with van der Waals surface area (Å²) in [6, 6.07) is 33.3. The van der Waals surface area contributed by atoms with Gasteiger partial charge in [0.2, 0.25) is 0 Å². The van der Waals surface area contributed by atoms with Gasteiger partial charge in [0.15, 0.2) is 0 Å². The summed E-state index contributed by atoms with van der Waals surface area (Å²) in [6.45, 7) is 17.4. The topological polar surface area (TPSA) is 26.3 Å². The van der Waals surface area contributed by atoms with E-state index in [1.807, 2.05) is 13.8 Å². The minimum absolute atomic E-state index is 0.167. The molecule has 8 rings (SSSR count). The molecule has 4 aromatic carbocycles. The quantitative estimate of drug-likeness (QED) is 0.136. The monoisotopic (exact) mass is 843 g/mol. The summed E-state index contributed by atoms with van der Waals surface area (Å²) in [7, 11) is 14.8. The van der Waals surface area contributed by atoms with Gasteiger partial charge in [-0.2, -0.15) is 0 Å². The number of aryl methyl sites for hydroxylation is 6. The summed E-state index contributed by atoms with van der Waals surface area (Å²) in [5.74, 6) is 2.36. The Bertz CT molecular complexity index is 2290. The number of hydrogen-bond donors (Lipinski definition) is 0. The summed E-state index contributed by atoms with van der Waals surface area (Å²) < 4.78 is 12.8. The molecule has 2 aliphatic carbocycles. The summed E-state index contributed by atoms with van der Waals surface area (Å²) in [6.07, 6.45) is 4.83. The first-order valence-corrected chi connectivity index (χ1v) is 31.8. The number of benzene rings is 4. The van der Waals surface area contributed by atoms with Crippen LogP contribution in [0.15, 0.2) is 93.8 Å². The molecule has 2 aromatic heterocycles. The molecule has 0 bridgehead atoms. The standard InChI is InChI=1S/C48H47O2Si.2ClH.Zr/c1-27-9-15-35(16-10-27)47-33(7)29(3)21-37-41(47)23-39(45-19-13-31(5)49-45)43(37)25-51-26-44-38-22-30(4)34(8)48(36-17-11-28(2)12-18-36)42(38)24-40(44)46-20-14-32(6)50-46;;;/h9-24,43-44,51H,25-26H2,1-8H3;2*1H;/q;;;+2/p-2. The second-order valence-electron chi connectivity index (χ2n) is 15.7. The minimum atomic E-state index is -2.78. The van der Waals surface area contributed by atoms with E-state index in [0.717, 1.165) is 35.1 Å². The van der Waals surface area contributed by atoms with Crippen LogP contribution < -0.4 is 0 Å². The average molecular weight is 846 g/mol. The van der Waals surface area contributed by atoms with E-state index in [1.54, 1.807) is 0 Å². The van der Waals surface area contributed by atoms with Crippen LogP contribution in [0.1, 0.15) is 90.5 Å². The number of hydrogen-bond acceptors (Lipinski definition) is 2. The first kappa shape index (κ1) is 37.5. The van der Waals surface area contributed by atoms with Crippen LogP contribution in [0.4, 0.5) is 0 Å². The fourth-order valence-electron chi connectivity index (χ4n) is 8.86. The Labute approximate surface area is 336 Å². The van der Waals surface area contributed by atoms with Crippen molar-refractivity contribution in [3.63, 3.8) is 0 Å². The average Bonchev–Trinajstić information content (AvgIpc) is 3.93. The van der Waals surface area contributed by atoms with E-state index in [9.17, 15) is 0 Å². The van der Waals surface area contributed by atoms with Gasteiger partial charge in [0.25, 0.3) is 0 Å². The summed E-state index contributed by atoms with van der Waals surface area (Å²) in [4.78, 5) is 0. The zero-order valence-electron chi connectivity index (χ0n) is 32.5. The van der Waals surface area contributed by atoms with Gasteiger partial charge in [-0.25, -0.2) is 0 Å². The van der Waals surface area contributed by atoms with E-state index >= 15 is 0 Å². The molecule has 0 N–H and O–H groups in total. The van der Waals surface area contributed by atoms with E-state index in [0.29, 0.717) is 0 Å². The van der Waals surface area contributed by atoms with E-state index < -0.39 is 24.4 Å². The normalized spacial score (nSPS) is 16.6. The zero-order chi connectivity index (χ0) is 38.0. The Morgan fingerprint density at radius 2 is 0.926 bits per heavy atom. The zero-order valence-corrected chi connectivity index (χ0v) is 37.6. The molecule has 0 amide bonds. The number of furan rings is 2. The maximum atomic E-state index is 7.39. The third-order valence-electron chi connectivity index (χ3n) is 12.0. The van der Waals surface area contributed by atoms with Crippen LogP contribution in [0.3, 0.4) is 0 Å². The molecule has 0 saturated heterocycles. The molecule has 0 spiro atoms. The molecule has 0 radical (unpaired) electrons. The second-order valence-corrected chi connectivity index (χ2v) is 39.2. The molecule has 0 aliphatic heterocycles. The molecule has 6 aromatic rings. The number of allylic oxidation sites excluding steroid dienone is 2. The molecule has 2 unspecified atom stereocenters. The molecule has 273 valence electrons. The number of rotatable bonds is 9. The first-order chi connectivity index (χ1) is 25.9. The molecule has 0 saturated carbocycles. The molecule has 0 fully saturated rings. The van der Waals surface area contributed by atoms with E-state index in [1.165, 1.54) is 89.0 Å². The van der Waals surface area contributed by atoms with Crippen molar-refractivity contribution in [2.45, 2.75) is 79.3 Å². The van der Waals surface area contributed by atoms with E-state index in [-0.39, 0.29) is 11.8 Å². The third kappa shape index (κ3) is 6.87. The van der Waals surface area contributed by atoms with Crippen molar-refractivity contribution < 1.29 is 27.4 Å². The molecular formula is C48H47Cl2O2SiZr. The van der Waals surface area contributed by atoms with Crippen molar-refractivity contribution in [1.29, 1.82) is 0 Å². The van der Waals surface area contributed by atoms with Gasteiger partial charge in [0, 0.05) is 0 Å². The molecule has 2 aliphatic rings. The second kappa shape index (κ2) is 14.9. The van der Waals surface area contributed by atoms with Crippen molar-refractivity contribution >= 4 is 46.2 Å². The van der Waals surface area contributed by atoms with Crippen LogP contribution in [-0.2, 0) is 18.5 Å². The van der Waals surface area contributed by atoms with Crippen molar-refractivity contribution in [2.75, 3.05) is 0 Å². The Morgan fingerprint density at radius 3 is 1.26 bits per heavy atom. The fraction of sp³-hybridized carbons (Fsp3) is 0.250. The summed E-state index contributed by atoms with van der Waals surface area (Å²) >= 11 is -2.78. The molecule has 6 heteroatoms. The van der Waals surface area contributed by atoms with E-state index in [2.05, 4.69) is 139 Å². The molecular weight excluding hydrogens is 799 g/mol. The van der Waals surface area contributed by atoms with Crippen LogP contribution in [0.25, 0.3) is 45.6 Å². The van der Waals surface area contributed by atoms with Crippen LogP contribution in [-0.4, -0.2) is 5.92 Å². The van der Waals surface area contributed by atoms with Gasteiger partial charge in [-0.3, -0.25) is 0 Å². The molecule has 54 heavy (non-hydrogen) atoms. The summed E-state index contributed by atoms with van der Waals surface area (Å²) in [5, 5.41) is 0. The Kier molecular flexibility index (Phi) is 10.4. The van der Waals surface area contributed by atoms with Gasteiger partial charge >= 0.3 is 339 Å². The predicted octanol–water partition coefficient (Wildman–Crippen LogP) is 14.3. The third-order valence-corrected chi connectivity index (χ3v) is 33.7. The van der Waals surface area contributed by atoms with Gasteiger partial charge in [0.1, 0.15) is 0 Å². The van der Waals surface area contributed by atoms with Crippen LogP contribution in [0, 0.1) is 55.4 Å². The van der Waals surface area contributed by atoms with Crippen LogP contribution in [0.5, 0.6) is 0 Å². The molecule has 2 nitrogen and oxygen atoms in total. The SMILES string of the molecule is Cc1ccc(-c2c(C)c(C)cc3c2C=C(c2ccc(C)o2)C3C[SiH](CC2C(c3ccc(C)o3)=Cc3c2cc(C)c(C)c3-c2ccc(C)cc2)[Zr]([Cl])[Cl])cc1. The van der Waals surface area contributed by atoms with Crippen molar-refractivity contribution in [1.82, 2.24) is 0 Å². The predicted molar refractivity (Wildman–Crippen MR) is 229 cm³/mol. The summed E-state index contributed by atoms with van der Waals surface area (Å²) in [5.41, 5.74) is 20.8. The van der Waals surface area contributed by atoms with Crippen molar-refractivity contribution in [3.05, 3.63) is 164 Å². The Morgan fingerprint density at radius 1 is 0.537 bits per heavy atom. The molecule has 2 atom stereocenters. The van der Waals surface area contributed by atoms with Gasteiger partial charge in [-0.15, -0.1) is 0 Å². The van der Waals surface area contributed by atoms with Crippen molar-refractivity contribution in [3.8, 4) is 22.3 Å². The Hall–Kier alpha value is -3.40. The van der Waals surface area contributed by atoms with Crippen LogP contribution >= 0.6 is 17.0 Å². The van der Waals surface area contributed by atoms with Crippen molar-refractivity contribution in [2.24, 2.45) is 0 Å². The van der Waals surface area contributed by atoms with E-state index in [4.69, 9.17) is 25.9 Å². The molecule has 2 heterocycles. The van der Waals surface area contributed by atoms with Gasteiger partial charge < -0.3 is 0 Å². The van der Waals surface area contributed by atoms with Crippen LogP contribution in [0.2, 0.25) is 12.1 Å². The first-order valence-electron chi connectivity index (χ1n) is 19.0. The number of halogens is 2. The Balaban J connectivity index is 1.24. The fourth-order valence-corrected chi connectivity index (χ4v) is 24.0. The van der Waals surface area contributed by atoms with Gasteiger partial charge in [-0.1, -0.05) is 0 Å². The van der Waals surface area contributed by atoms with Gasteiger partial charge in [0.05, 0.1) is 0 Å². The maximum absolute atomic E-state index is 7.39. The number of fused-ring (bicyclic) bond motifs is 2.